The third kappa shape index (κ3) is 3.91. The van der Waals surface area contributed by atoms with Gasteiger partial charge in [0, 0.05) is 12.4 Å². The molecule has 0 aliphatic rings. The fraction of sp³-hybridized carbons (Fsp3) is 0.273. The summed E-state index contributed by atoms with van der Waals surface area (Å²) < 4.78 is 0. The van der Waals surface area contributed by atoms with Crippen LogP contribution in [0.2, 0.25) is 0 Å². The van der Waals surface area contributed by atoms with Crippen LogP contribution in [0, 0.1) is 6.92 Å². The minimum Gasteiger partial charge on any atom is -0.622 e. The van der Waals surface area contributed by atoms with Gasteiger partial charge in [-0.2, -0.15) is 0 Å². The van der Waals surface area contributed by atoms with Crippen molar-refractivity contribution in [2.24, 2.45) is 0 Å². The van der Waals surface area contributed by atoms with Gasteiger partial charge < -0.3 is 9.78 Å². The fourth-order valence-electron chi connectivity index (χ4n) is 1.16. The maximum absolute atomic E-state index is 10.9. The molecule has 0 unspecified atom stereocenters. The number of aryl methyl sites for hydroxylation is 1. The minimum absolute atomic E-state index is 0. The summed E-state index contributed by atoms with van der Waals surface area (Å²) in [7, 11) is 0. The zero-order valence-electron chi connectivity index (χ0n) is 9.61. The van der Waals surface area contributed by atoms with Gasteiger partial charge in [-0.1, -0.05) is 19.9 Å². The van der Waals surface area contributed by atoms with Crippen LogP contribution < -0.4 is 68.7 Å². The van der Waals surface area contributed by atoms with Crippen LogP contribution >= 0.6 is 0 Å². The molecule has 0 aliphatic heterocycles. The normalized spacial score (nSPS) is 8.73. The summed E-state index contributed by atoms with van der Waals surface area (Å²) >= 11 is 0. The second-order valence-corrected chi connectivity index (χ2v) is 2.68. The van der Waals surface area contributed by atoms with E-state index in [0.717, 1.165) is 16.5 Å². The molecule has 15 heavy (non-hydrogen) atoms. The summed E-state index contributed by atoms with van der Waals surface area (Å²) in [6.07, 6.45) is 3.41. The van der Waals surface area contributed by atoms with Crippen molar-refractivity contribution in [3.05, 3.63) is 40.4 Å². The topological polar surface area (TPSA) is 44.1 Å². The second-order valence-electron chi connectivity index (χ2n) is 2.68. The molecule has 3 nitrogen and oxygen atoms in total. The van der Waals surface area contributed by atoms with Crippen LogP contribution in [-0.4, -0.2) is 4.98 Å². The van der Waals surface area contributed by atoms with Gasteiger partial charge in [-0.15, -0.1) is 5.52 Å². The molecule has 74 valence electrons. The average molecular weight is 275 g/mol. The molecule has 2 aromatic rings. The molecule has 2 aromatic heterocycles. The Balaban J connectivity index is 0.000000617. The van der Waals surface area contributed by atoms with Crippen LogP contribution in [0.1, 0.15) is 19.4 Å². The van der Waals surface area contributed by atoms with E-state index in [4.69, 9.17) is 0 Å². The molecule has 0 N–H and O–H groups in total. The summed E-state index contributed by atoms with van der Waals surface area (Å²) in [5.41, 5.74) is 1.49. The number of hydrogen-bond acceptors (Lipinski definition) is 2. The summed E-state index contributed by atoms with van der Waals surface area (Å²) in [4.78, 5) is 18.8. The molecule has 0 atom stereocenters. The van der Waals surface area contributed by atoms with E-state index in [1.54, 1.807) is 18.5 Å². The zero-order chi connectivity index (χ0) is 10.6. The average Bonchev–Trinajstić information content (AvgIpc) is 2.22. The van der Waals surface area contributed by atoms with Gasteiger partial charge in [-0.25, -0.2) is 0 Å². The van der Waals surface area contributed by atoms with Gasteiger partial charge >= 0.3 is 58.2 Å². The van der Waals surface area contributed by atoms with Gasteiger partial charge in [-0.3, -0.25) is 4.98 Å². The van der Waals surface area contributed by atoms with E-state index in [0.29, 0.717) is 0 Å². The monoisotopic (exact) mass is 274 g/mol. The van der Waals surface area contributed by atoms with E-state index >= 15 is 0 Å². The Kier molecular flexibility index (Phi) is 7.52. The summed E-state index contributed by atoms with van der Waals surface area (Å²) in [6.45, 7) is 5.89. The minimum atomic E-state index is -0.197. The molecule has 0 aromatic carbocycles. The molecule has 0 saturated heterocycles. The van der Waals surface area contributed by atoms with Crippen molar-refractivity contribution in [3.8, 4) is 0 Å². The summed E-state index contributed by atoms with van der Waals surface area (Å²) in [6, 6.07) is 3.19. The van der Waals surface area contributed by atoms with Crippen LogP contribution in [0.4, 0.5) is 0 Å². The molecular weight excluding hydrogens is 262 g/mol. The standard InChI is InChI=1S/C9H8N2O.C2H6.Rb/c1-6-4-10-5-7-2-3-8(12)11-9(6)7;1-2;/h2-5H,1H3,(H,10,11,12);1-2H3;/q;;+1/p-1. The van der Waals surface area contributed by atoms with Crippen LogP contribution in [0.5, 0.6) is 0 Å². The molecular formula is C11H13N2ORb. The summed E-state index contributed by atoms with van der Waals surface area (Å²) in [5.74, 6) is 0. The first-order valence-electron chi connectivity index (χ1n) is 4.66. The largest absolute Gasteiger partial charge is 1.00 e. The predicted octanol–water partition coefficient (Wildman–Crippen LogP) is -1.11. The first kappa shape index (κ1) is 15.2. The number of hydrogen-bond donors (Lipinski definition) is 0. The Hall–Kier alpha value is 0.165. The molecule has 0 fully saturated rings. The Labute approximate surface area is 138 Å². The Morgan fingerprint density at radius 1 is 1.20 bits per heavy atom. The zero-order valence-corrected chi connectivity index (χ0v) is 14.5. The third-order valence-corrected chi connectivity index (χ3v) is 1.76. The van der Waals surface area contributed by atoms with E-state index < -0.39 is 0 Å². The van der Waals surface area contributed by atoms with Gasteiger partial charge in [0.1, 0.15) is 0 Å². The fourth-order valence-corrected chi connectivity index (χ4v) is 1.16. The predicted molar refractivity (Wildman–Crippen MR) is 57.4 cm³/mol. The van der Waals surface area contributed by atoms with Gasteiger partial charge in [-0.05, 0) is 23.9 Å². The number of aromatic nitrogens is 2. The third-order valence-electron chi connectivity index (χ3n) is 1.76. The van der Waals surface area contributed by atoms with Crippen LogP contribution in [0.3, 0.4) is 0 Å². The Morgan fingerprint density at radius 2 is 1.87 bits per heavy atom. The summed E-state index contributed by atoms with van der Waals surface area (Å²) in [5, 5.41) is 0.912. The second kappa shape index (κ2) is 7.44. The van der Waals surface area contributed by atoms with Crippen molar-refractivity contribution in [1.82, 2.24) is 9.97 Å². The van der Waals surface area contributed by atoms with Gasteiger partial charge in [0.25, 0.3) is 0 Å². The molecule has 0 amide bonds. The maximum atomic E-state index is 10.9. The number of pyridine rings is 2. The van der Waals surface area contributed by atoms with E-state index in [1.807, 2.05) is 20.8 Å². The van der Waals surface area contributed by atoms with Crippen molar-refractivity contribution in [1.29, 1.82) is 0 Å². The molecule has 2 rings (SSSR count). The smallest absolute Gasteiger partial charge is 0.622 e. The van der Waals surface area contributed by atoms with Crippen molar-refractivity contribution < 1.29 is 58.2 Å². The van der Waals surface area contributed by atoms with Gasteiger partial charge in [0.2, 0.25) is 0 Å². The van der Waals surface area contributed by atoms with Crippen molar-refractivity contribution in [2.75, 3.05) is 0 Å². The molecule has 2 heterocycles. The van der Waals surface area contributed by atoms with E-state index in [1.165, 1.54) is 6.07 Å². The number of nitrogens with zero attached hydrogens (tertiary/aromatic N) is 2. The van der Waals surface area contributed by atoms with Crippen molar-refractivity contribution >= 4 is 10.9 Å². The first-order valence-corrected chi connectivity index (χ1v) is 4.66. The SMILES string of the molecule is CC.Cc1cncc2ccc(=O)[n-]c12.[Rb+]. The quantitative estimate of drug-likeness (QED) is 0.612. The number of fused-ring (bicyclic) bond motifs is 1. The van der Waals surface area contributed by atoms with Gasteiger partial charge in [0.15, 0.2) is 0 Å². The molecule has 0 aliphatic carbocycles. The van der Waals surface area contributed by atoms with E-state index in [9.17, 15) is 4.79 Å². The molecule has 0 spiro atoms. The number of rotatable bonds is 0. The van der Waals surface area contributed by atoms with Crippen molar-refractivity contribution in [3.63, 3.8) is 0 Å². The maximum Gasteiger partial charge on any atom is 1.00 e. The van der Waals surface area contributed by atoms with Gasteiger partial charge in [0.05, 0.1) is 5.56 Å². The van der Waals surface area contributed by atoms with E-state index in [-0.39, 0.29) is 63.7 Å². The van der Waals surface area contributed by atoms with Crippen LogP contribution in [0.15, 0.2) is 29.3 Å². The van der Waals surface area contributed by atoms with Crippen molar-refractivity contribution in [2.45, 2.75) is 20.8 Å². The molecule has 0 saturated carbocycles. The molecule has 0 radical (unpaired) electrons. The van der Waals surface area contributed by atoms with Crippen LogP contribution in [-0.2, 0) is 0 Å². The molecule has 0 bridgehead atoms. The van der Waals surface area contributed by atoms with Crippen LogP contribution in [0.25, 0.3) is 10.9 Å². The Bertz CT molecular complexity index is 479. The molecule has 4 heteroatoms. The van der Waals surface area contributed by atoms with E-state index in [2.05, 4.69) is 9.97 Å². The first-order chi connectivity index (χ1) is 6.77. The Morgan fingerprint density at radius 3 is 2.53 bits per heavy atom.